The topological polar surface area (TPSA) is 72.3 Å². The molecule has 11 heavy (non-hydrogen) atoms. The second-order valence-corrected chi connectivity index (χ2v) is 2.81. The van der Waals surface area contributed by atoms with Gasteiger partial charge in [0.15, 0.2) is 0 Å². The molecule has 0 bridgehead atoms. The molecule has 4 N–H and O–H groups in total. The predicted molar refractivity (Wildman–Crippen MR) is 45.0 cm³/mol. The van der Waals surface area contributed by atoms with Gasteiger partial charge in [-0.1, -0.05) is 0 Å². The lowest BCUT2D eigenvalue weighted by Crippen LogP contribution is -2.40. The molecule has 1 atom stereocenters. The Labute approximate surface area is 67.5 Å². The number of amides is 1. The molecule has 0 heterocycles. The molecule has 0 fully saturated rings. The maximum Gasteiger partial charge on any atom is 0.234 e. The molecule has 0 aliphatic rings. The number of nitrogens with zero attached hydrogens (tertiary/aromatic N) is 1. The summed E-state index contributed by atoms with van der Waals surface area (Å²) >= 11 is 0. The summed E-state index contributed by atoms with van der Waals surface area (Å²) in [6.45, 7) is 0.609. The van der Waals surface area contributed by atoms with Gasteiger partial charge in [0.1, 0.15) is 0 Å². The summed E-state index contributed by atoms with van der Waals surface area (Å²) < 4.78 is 0. The fraction of sp³-hybridized carbons (Fsp3) is 0.857. The molecule has 0 aliphatic carbocycles. The van der Waals surface area contributed by atoms with Crippen LogP contribution in [0.15, 0.2) is 0 Å². The smallest absolute Gasteiger partial charge is 0.234 e. The van der Waals surface area contributed by atoms with Crippen LogP contribution in [-0.4, -0.2) is 37.5 Å². The molecule has 4 heteroatoms. The molecule has 0 radical (unpaired) electrons. The van der Waals surface area contributed by atoms with E-state index in [1.54, 1.807) is 0 Å². The lowest BCUT2D eigenvalue weighted by atomic mass is 10.1. The van der Waals surface area contributed by atoms with Crippen molar-refractivity contribution in [1.82, 2.24) is 4.90 Å². The Morgan fingerprint density at radius 3 is 2.36 bits per heavy atom. The van der Waals surface area contributed by atoms with Crippen molar-refractivity contribution in [3.05, 3.63) is 0 Å². The molecule has 4 nitrogen and oxygen atoms in total. The fourth-order valence-electron chi connectivity index (χ4n) is 0.966. The molecule has 0 aliphatic heterocycles. The Hall–Kier alpha value is -0.610. The highest BCUT2D eigenvalue weighted by molar-refractivity contribution is 5.79. The first-order chi connectivity index (χ1) is 5.09. The van der Waals surface area contributed by atoms with Crippen molar-refractivity contribution < 1.29 is 4.79 Å². The molecule has 1 amide bonds. The van der Waals surface area contributed by atoms with Crippen LogP contribution in [0.25, 0.3) is 0 Å². The lowest BCUT2D eigenvalue weighted by molar-refractivity contribution is -0.122. The van der Waals surface area contributed by atoms with Gasteiger partial charge in [-0.05, 0) is 33.5 Å². The maximum absolute atomic E-state index is 10.8. The number of carbonyl (C=O) groups excluding carboxylic acids is 1. The Bertz CT molecular complexity index is 125. The van der Waals surface area contributed by atoms with Crippen molar-refractivity contribution in [1.29, 1.82) is 0 Å². The molecular formula is C7H17N3O. The maximum atomic E-state index is 10.8. The Balaban J connectivity index is 3.80. The van der Waals surface area contributed by atoms with Crippen LogP contribution in [0.2, 0.25) is 0 Å². The Morgan fingerprint density at radius 2 is 2.09 bits per heavy atom. The number of carbonyl (C=O) groups is 1. The third-order valence-electron chi connectivity index (χ3n) is 1.63. The van der Waals surface area contributed by atoms with E-state index in [4.69, 9.17) is 11.5 Å². The minimum Gasteiger partial charge on any atom is -0.368 e. The third kappa shape index (κ3) is 3.95. The molecular weight excluding hydrogens is 142 g/mol. The van der Waals surface area contributed by atoms with Crippen LogP contribution in [0, 0.1) is 0 Å². The fourth-order valence-corrected chi connectivity index (χ4v) is 0.966. The number of hydrogen-bond acceptors (Lipinski definition) is 3. The van der Waals surface area contributed by atoms with Crippen LogP contribution in [-0.2, 0) is 4.79 Å². The van der Waals surface area contributed by atoms with E-state index in [2.05, 4.69) is 0 Å². The average molecular weight is 159 g/mol. The summed E-state index contributed by atoms with van der Waals surface area (Å²) in [4.78, 5) is 12.6. The normalized spacial score (nSPS) is 13.5. The van der Waals surface area contributed by atoms with Gasteiger partial charge in [0, 0.05) is 0 Å². The van der Waals surface area contributed by atoms with Gasteiger partial charge >= 0.3 is 0 Å². The van der Waals surface area contributed by atoms with Crippen LogP contribution in [0.1, 0.15) is 12.8 Å². The lowest BCUT2D eigenvalue weighted by Gasteiger charge is -2.20. The third-order valence-corrected chi connectivity index (χ3v) is 1.63. The summed E-state index contributed by atoms with van der Waals surface area (Å²) in [5.41, 5.74) is 10.5. The quantitative estimate of drug-likeness (QED) is 0.548. The number of primary amides is 1. The van der Waals surface area contributed by atoms with Crippen LogP contribution < -0.4 is 11.5 Å². The van der Waals surface area contributed by atoms with E-state index in [1.807, 2.05) is 19.0 Å². The van der Waals surface area contributed by atoms with Gasteiger partial charge in [0.2, 0.25) is 5.91 Å². The van der Waals surface area contributed by atoms with Gasteiger partial charge < -0.3 is 11.5 Å². The van der Waals surface area contributed by atoms with E-state index in [0.717, 1.165) is 12.8 Å². The Kier molecular flexibility index (Phi) is 4.81. The van der Waals surface area contributed by atoms with Crippen LogP contribution in [0.4, 0.5) is 0 Å². The molecule has 0 aromatic heterocycles. The standard InChI is InChI=1S/C7H17N3O/c1-10(2)6(7(9)11)4-3-5-8/h6H,3-5,8H2,1-2H3,(H2,9,11)/t6-/m0/s1. The summed E-state index contributed by atoms with van der Waals surface area (Å²) in [5, 5.41) is 0. The van der Waals surface area contributed by atoms with E-state index >= 15 is 0 Å². The SMILES string of the molecule is CN(C)[C@@H](CCCN)C(N)=O. The zero-order chi connectivity index (χ0) is 8.85. The summed E-state index contributed by atoms with van der Waals surface area (Å²) in [5.74, 6) is -0.275. The zero-order valence-corrected chi connectivity index (χ0v) is 7.21. The molecule has 0 aromatic carbocycles. The van der Waals surface area contributed by atoms with E-state index < -0.39 is 0 Å². The van der Waals surface area contributed by atoms with Gasteiger partial charge in [-0.25, -0.2) is 0 Å². The summed E-state index contributed by atoms with van der Waals surface area (Å²) in [7, 11) is 3.68. The van der Waals surface area contributed by atoms with E-state index in [9.17, 15) is 4.79 Å². The minimum absolute atomic E-state index is 0.168. The number of nitrogens with two attached hydrogens (primary N) is 2. The van der Waals surface area contributed by atoms with Crippen molar-refractivity contribution in [3.8, 4) is 0 Å². The van der Waals surface area contributed by atoms with Crippen LogP contribution in [0.5, 0.6) is 0 Å². The predicted octanol–water partition coefficient (Wildman–Crippen LogP) is -0.859. The molecule has 0 saturated heterocycles. The largest absolute Gasteiger partial charge is 0.368 e. The van der Waals surface area contributed by atoms with Crippen molar-refractivity contribution in [3.63, 3.8) is 0 Å². The van der Waals surface area contributed by atoms with E-state index in [1.165, 1.54) is 0 Å². The van der Waals surface area contributed by atoms with E-state index in [0.29, 0.717) is 6.54 Å². The molecule has 0 aromatic rings. The first kappa shape index (κ1) is 10.4. The highest BCUT2D eigenvalue weighted by Crippen LogP contribution is 2.00. The highest BCUT2D eigenvalue weighted by atomic mass is 16.1. The van der Waals surface area contributed by atoms with Gasteiger partial charge in [-0.3, -0.25) is 9.69 Å². The first-order valence-electron chi connectivity index (χ1n) is 3.75. The van der Waals surface area contributed by atoms with E-state index in [-0.39, 0.29) is 11.9 Å². The molecule has 0 spiro atoms. The van der Waals surface area contributed by atoms with Gasteiger partial charge in [-0.2, -0.15) is 0 Å². The molecule has 66 valence electrons. The van der Waals surface area contributed by atoms with Crippen molar-refractivity contribution in [2.45, 2.75) is 18.9 Å². The number of likely N-dealkylation sites (N-methyl/N-ethyl adjacent to an activating group) is 1. The van der Waals surface area contributed by atoms with Gasteiger partial charge in [0.25, 0.3) is 0 Å². The van der Waals surface area contributed by atoms with Crippen LogP contribution >= 0.6 is 0 Å². The zero-order valence-electron chi connectivity index (χ0n) is 7.21. The van der Waals surface area contributed by atoms with Crippen molar-refractivity contribution in [2.24, 2.45) is 11.5 Å². The van der Waals surface area contributed by atoms with Gasteiger partial charge in [-0.15, -0.1) is 0 Å². The van der Waals surface area contributed by atoms with Crippen molar-refractivity contribution >= 4 is 5.91 Å². The minimum atomic E-state index is -0.275. The van der Waals surface area contributed by atoms with Crippen molar-refractivity contribution in [2.75, 3.05) is 20.6 Å². The Morgan fingerprint density at radius 1 is 1.55 bits per heavy atom. The van der Waals surface area contributed by atoms with Gasteiger partial charge in [0.05, 0.1) is 6.04 Å². The highest BCUT2D eigenvalue weighted by Gasteiger charge is 2.15. The molecule has 0 saturated carbocycles. The second-order valence-electron chi connectivity index (χ2n) is 2.81. The van der Waals surface area contributed by atoms with Crippen LogP contribution in [0.3, 0.4) is 0 Å². The summed E-state index contributed by atoms with van der Waals surface area (Å²) in [6.07, 6.45) is 1.59. The average Bonchev–Trinajstić information content (AvgIpc) is 1.87. The summed E-state index contributed by atoms with van der Waals surface area (Å²) in [6, 6.07) is -0.168. The molecule has 0 rings (SSSR count). The first-order valence-corrected chi connectivity index (χ1v) is 3.75. The second kappa shape index (κ2) is 5.09. The molecule has 0 unspecified atom stereocenters. The number of rotatable bonds is 5. The monoisotopic (exact) mass is 159 g/mol. The number of hydrogen-bond donors (Lipinski definition) is 2.